The quantitative estimate of drug-likeness (QED) is 0.795. The lowest BCUT2D eigenvalue weighted by molar-refractivity contribution is -0.0307. The highest BCUT2D eigenvalue weighted by molar-refractivity contribution is 5.19. The van der Waals surface area contributed by atoms with E-state index in [-0.39, 0.29) is 12.1 Å². The summed E-state index contributed by atoms with van der Waals surface area (Å²) in [5.41, 5.74) is 1.05. The Bertz CT molecular complexity index is 306. The zero-order valence-electron chi connectivity index (χ0n) is 10.2. The molecule has 1 rings (SSSR count). The van der Waals surface area contributed by atoms with Crippen LogP contribution in [0.2, 0.25) is 0 Å². The van der Waals surface area contributed by atoms with Crippen molar-refractivity contribution >= 4 is 0 Å². The third-order valence-corrected chi connectivity index (χ3v) is 2.54. The van der Waals surface area contributed by atoms with Gasteiger partial charge in [-0.2, -0.15) is 0 Å². The Morgan fingerprint density at radius 1 is 1.24 bits per heavy atom. The number of hydrogen-bond acceptors (Lipinski definition) is 2. The molecule has 17 heavy (non-hydrogen) atoms. The number of nitrogens with one attached hydrogen (secondary N) is 1. The first kappa shape index (κ1) is 14.1. The zero-order valence-corrected chi connectivity index (χ0v) is 10.2. The molecule has 0 radical (unpaired) electrons. The molecule has 96 valence electrons. The maximum absolute atomic E-state index is 12.1. The predicted molar refractivity (Wildman–Crippen MR) is 64.3 cm³/mol. The van der Waals surface area contributed by atoms with E-state index < -0.39 is 13.0 Å². The molecule has 0 spiro atoms. The number of rotatable bonds is 7. The van der Waals surface area contributed by atoms with Crippen molar-refractivity contribution in [2.24, 2.45) is 0 Å². The molecule has 2 nitrogen and oxygen atoms in total. The largest absolute Gasteiger partial charge is 0.371 e. The third kappa shape index (κ3) is 4.79. The molecule has 2 unspecified atom stereocenters. The lowest BCUT2D eigenvalue weighted by Gasteiger charge is -2.25. The molecule has 1 aromatic carbocycles. The highest BCUT2D eigenvalue weighted by Gasteiger charge is 2.19. The molecule has 0 fully saturated rings. The van der Waals surface area contributed by atoms with Gasteiger partial charge < -0.3 is 10.1 Å². The fourth-order valence-electron chi connectivity index (χ4n) is 1.76. The highest BCUT2D eigenvalue weighted by atomic mass is 19.3. The van der Waals surface area contributed by atoms with Crippen LogP contribution >= 0.6 is 0 Å². The first-order chi connectivity index (χ1) is 8.15. The van der Waals surface area contributed by atoms with E-state index in [0.29, 0.717) is 0 Å². The van der Waals surface area contributed by atoms with Gasteiger partial charge in [0.15, 0.2) is 0 Å². The van der Waals surface area contributed by atoms with Gasteiger partial charge >= 0.3 is 0 Å². The van der Waals surface area contributed by atoms with E-state index in [0.717, 1.165) is 12.1 Å². The van der Waals surface area contributed by atoms with Gasteiger partial charge in [0.05, 0.1) is 12.1 Å². The fraction of sp³-hybridized carbons (Fsp3) is 0.538. The summed E-state index contributed by atoms with van der Waals surface area (Å²) >= 11 is 0. The van der Waals surface area contributed by atoms with Crippen molar-refractivity contribution in [1.29, 1.82) is 0 Å². The maximum atomic E-state index is 12.1. The number of ether oxygens (including phenoxy) is 1. The van der Waals surface area contributed by atoms with E-state index in [1.165, 1.54) is 0 Å². The Morgan fingerprint density at radius 2 is 1.88 bits per heavy atom. The van der Waals surface area contributed by atoms with Crippen LogP contribution in [0.4, 0.5) is 8.78 Å². The van der Waals surface area contributed by atoms with Gasteiger partial charge in [0.25, 0.3) is 6.43 Å². The SMILES string of the molecule is CCNC(c1ccccc1)C(C)OCC(F)F. The molecule has 2 atom stereocenters. The summed E-state index contributed by atoms with van der Waals surface area (Å²) in [6.07, 6.45) is -2.71. The summed E-state index contributed by atoms with van der Waals surface area (Å²) in [6.45, 7) is 4.04. The van der Waals surface area contributed by atoms with Crippen molar-refractivity contribution in [1.82, 2.24) is 5.32 Å². The molecule has 0 aliphatic rings. The fourth-order valence-corrected chi connectivity index (χ4v) is 1.76. The Kier molecular flexibility index (Phi) is 6.08. The van der Waals surface area contributed by atoms with Crippen LogP contribution < -0.4 is 5.32 Å². The van der Waals surface area contributed by atoms with Crippen molar-refractivity contribution in [3.63, 3.8) is 0 Å². The molecule has 0 saturated carbocycles. The summed E-state index contributed by atoms with van der Waals surface area (Å²) < 4.78 is 29.4. The van der Waals surface area contributed by atoms with Gasteiger partial charge in [0.1, 0.15) is 6.61 Å². The molecule has 1 aromatic rings. The van der Waals surface area contributed by atoms with Gasteiger partial charge in [0, 0.05) is 0 Å². The molecule has 0 amide bonds. The normalized spacial score (nSPS) is 14.9. The molecule has 0 heterocycles. The van der Waals surface area contributed by atoms with Gasteiger partial charge in [-0.25, -0.2) is 8.78 Å². The zero-order chi connectivity index (χ0) is 12.7. The average Bonchev–Trinajstić information content (AvgIpc) is 2.34. The molecular weight excluding hydrogens is 224 g/mol. The number of benzene rings is 1. The molecule has 0 aromatic heterocycles. The molecular formula is C13H19F2NO. The summed E-state index contributed by atoms with van der Waals surface area (Å²) in [6, 6.07) is 9.67. The molecule has 0 bridgehead atoms. The van der Waals surface area contributed by atoms with Crippen molar-refractivity contribution in [2.75, 3.05) is 13.2 Å². The highest BCUT2D eigenvalue weighted by Crippen LogP contribution is 2.19. The summed E-state index contributed by atoms with van der Waals surface area (Å²) in [7, 11) is 0. The van der Waals surface area contributed by atoms with Crippen molar-refractivity contribution in [2.45, 2.75) is 32.4 Å². The topological polar surface area (TPSA) is 21.3 Å². The first-order valence-electron chi connectivity index (χ1n) is 5.83. The van der Waals surface area contributed by atoms with E-state index in [1.807, 2.05) is 44.2 Å². The summed E-state index contributed by atoms with van der Waals surface area (Å²) in [5.74, 6) is 0. The van der Waals surface area contributed by atoms with Crippen molar-refractivity contribution in [3.05, 3.63) is 35.9 Å². The second kappa shape index (κ2) is 7.35. The van der Waals surface area contributed by atoms with E-state index >= 15 is 0 Å². The van der Waals surface area contributed by atoms with Crippen LogP contribution in [-0.2, 0) is 4.74 Å². The van der Waals surface area contributed by atoms with E-state index in [4.69, 9.17) is 4.74 Å². The van der Waals surface area contributed by atoms with Crippen LogP contribution in [0, 0.1) is 0 Å². The lowest BCUT2D eigenvalue weighted by Crippen LogP contribution is -2.32. The van der Waals surface area contributed by atoms with E-state index in [9.17, 15) is 8.78 Å². The van der Waals surface area contributed by atoms with Gasteiger partial charge in [-0.3, -0.25) is 0 Å². The van der Waals surface area contributed by atoms with Crippen LogP contribution in [0.15, 0.2) is 30.3 Å². The molecule has 4 heteroatoms. The maximum Gasteiger partial charge on any atom is 0.261 e. The second-order valence-corrected chi connectivity index (χ2v) is 3.88. The number of alkyl halides is 2. The van der Waals surface area contributed by atoms with Crippen LogP contribution in [0.3, 0.4) is 0 Å². The molecule has 0 aliphatic carbocycles. The summed E-state index contributed by atoms with van der Waals surface area (Å²) in [4.78, 5) is 0. The Labute approximate surface area is 101 Å². The summed E-state index contributed by atoms with van der Waals surface area (Å²) in [5, 5.41) is 3.25. The first-order valence-corrected chi connectivity index (χ1v) is 5.83. The minimum absolute atomic E-state index is 0.0556. The molecule has 0 saturated heterocycles. The molecule has 0 aliphatic heterocycles. The second-order valence-electron chi connectivity index (χ2n) is 3.88. The standard InChI is InChI=1S/C13H19F2NO/c1-3-16-13(10(2)17-9-12(14)15)11-7-5-4-6-8-11/h4-8,10,12-13,16H,3,9H2,1-2H3. The van der Waals surface area contributed by atoms with Crippen LogP contribution in [0.1, 0.15) is 25.5 Å². The Hall–Kier alpha value is -1.00. The number of likely N-dealkylation sites (N-methyl/N-ethyl adjacent to an activating group) is 1. The van der Waals surface area contributed by atoms with E-state index in [2.05, 4.69) is 5.32 Å². The van der Waals surface area contributed by atoms with Gasteiger partial charge in [-0.15, -0.1) is 0 Å². The molecule has 1 N–H and O–H groups in total. The van der Waals surface area contributed by atoms with Crippen LogP contribution in [0.5, 0.6) is 0 Å². The van der Waals surface area contributed by atoms with Crippen molar-refractivity contribution in [3.8, 4) is 0 Å². The van der Waals surface area contributed by atoms with Gasteiger partial charge in [-0.1, -0.05) is 37.3 Å². The smallest absolute Gasteiger partial charge is 0.261 e. The van der Waals surface area contributed by atoms with Gasteiger partial charge in [0.2, 0.25) is 0 Å². The Morgan fingerprint density at radius 3 is 2.41 bits per heavy atom. The van der Waals surface area contributed by atoms with Gasteiger partial charge in [-0.05, 0) is 19.0 Å². The minimum atomic E-state index is -2.42. The third-order valence-electron chi connectivity index (χ3n) is 2.54. The minimum Gasteiger partial charge on any atom is -0.371 e. The lowest BCUT2D eigenvalue weighted by atomic mass is 10.0. The number of halogens is 2. The average molecular weight is 243 g/mol. The van der Waals surface area contributed by atoms with Crippen LogP contribution in [-0.4, -0.2) is 25.7 Å². The van der Waals surface area contributed by atoms with E-state index in [1.54, 1.807) is 0 Å². The Balaban J connectivity index is 2.65. The number of hydrogen-bond donors (Lipinski definition) is 1. The monoisotopic (exact) mass is 243 g/mol. The van der Waals surface area contributed by atoms with Crippen molar-refractivity contribution < 1.29 is 13.5 Å². The van der Waals surface area contributed by atoms with Crippen LogP contribution in [0.25, 0.3) is 0 Å². The predicted octanol–water partition coefficient (Wildman–Crippen LogP) is 3.01.